The van der Waals surface area contributed by atoms with Crippen molar-refractivity contribution in [3.05, 3.63) is 65.2 Å². The average molecular weight is 336 g/mol. The number of phenolic OH excluding ortho intramolecular Hbond substituents is 1. The number of hydrogen-bond donors (Lipinski definition) is 1. The van der Waals surface area contributed by atoms with Crippen molar-refractivity contribution in [3.8, 4) is 5.75 Å². The van der Waals surface area contributed by atoms with Gasteiger partial charge in [-0.05, 0) is 61.1 Å². The van der Waals surface area contributed by atoms with Crippen molar-refractivity contribution in [2.45, 2.75) is 19.4 Å². The third-order valence-electron chi connectivity index (χ3n) is 6.13. The second-order valence-electron chi connectivity index (χ2n) is 7.84. The van der Waals surface area contributed by atoms with Crippen molar-refractivity contribution >= 4 is 0 Å². The summed E-state index contributed by atoms with van der Waals surface area (Å²) in [6, 6.07) is 17.1. The van der Waals surface area contributed by atoms with Crippen LogP contribution in [0.4, 0.5) is 0 Å². The standard InChI is InChI=1S/C22H28N2O/c1-16-5-3-4-6-20(16)22-21-15-24(14-18(21)13-23(22)2)12-11-17-7-9-19(25)10-8-17/h3-10,18,21-22,25H,11-15H2,1-2H3/t18-,21+,22+/m0/s1. The summed E-state index contributed by atoms with van der Waals surface area (Å²) in [7, 11) is 2.29. The van der Waals surface area contributed by atoms with Crippen LogP contribution in [0, 0.1) is 18.8 Å². The SMILES string of the molecule is Cc1ccccc1[C@@H]1[C@@H]2CN(CCc3ccc(O)cc3)C[C@@H]2CN1C. The molecule has 2 heterocycles. The number of nitrogens with zero attached hydrogens (tertiary/aromatic N) is 2. The highest BCUT2D eigenvalue weighted by Gasteiger charge is 2.46. The Morgan fingerprint density at radius 3 is 2.52 bits per heavy atom. The van der Waals surface area contributed by atoms with Gasteiger partial charge in [-0.2, -0.15) is 0 Å². The van der Waals surface area contributed by atoms with Crippen LogP contribution in [0.1, 0.15) is 22.7 Å². The van der Waals surface area contributed by atoms with Gasteiger partial charge in [-0.15, -0.1) is 0 Å². The third-order valence-corrected chi connectivity index (χ3v) is 6.13. The first-order chi connectivity index (χ1) is 12.1. The van der Waals surface area contributed by atoms with Gasteiger partial charge < -0.3 is 10.0 Å². The Morgan fingerprint density at radius 1 is 1.00 bits per heavy atom. The lowest BCUT2D eigenvalue weighted by atomic mass is 9.88. The number of benzene rings is 2. The maximum atomic E-state index is 9.41. The van der Waals surface area contributed by atoms with Crippen LogP contribution in [-0.2, 0) is 6.42 Å². The number of likely N-dealkylation sites (tertiary alicyclic amines) is 2. The topological polar surface area (TPSA) is 26.7 Å². The normalized spacial score (nSPS) is 26.9. The van der Waals surface area contributed by atoms with Gasteiger partial charge in [-0.1, -0.05) is 36.4 Å². The zero-order chi connectivity index (χ0) is 17.4. The number of fused-ring (bicyclic) bond motifs is 1. The van der Waals surface area contributed by atoms with Gasteiger partial charge in [0.05, 0.1) is 0 Å². The summed E-state index contributed by atoms with van der Waals surface area (Å²) >= 11 is 0. The summed E-state index contributed by atoms with van der Waals surface area (Å²) in [5.74, 6) is 1.88. The Morgan fingerprint density at radius 2 is 1.76 bits per heavy atom. The van der Waals surface area contributed by atoms with Crippen molar-refractivity contribution < 1.29 is 5.11 Å². The van der Waals surface area contributed by atoms with Gasteiger partial charge in [0.15, 0.2) is 0 Å². The van der Waals surface area contributed by atoms with E-state index in [0.29, 0.717) is 11.8 Å². The minimum absolute atomic E-state index is 0.351. The van der Waals surface area contributed by atoms with E-state index in [9.17, 15) is 5.11 Å². The van der Waals surface area contributed by atoms with Gasteiger partial charge in [0.1, 0.15) is 5.75 Å². The van der Waals surface area contributed by atoms with Crippen LogP contribution in [0.25, 0.3) is 0 Å². The minimum atomic E-state index is 0.351. The molecule has 3 nitrogen and oxygen atoms in total. The molecule has 2 aliphatic rings. The highest BCUT2D eigenvalue weighted by atomic mass is 16.3. The fraction of sp³-hybridized carbons (Fsp3) is 0.455. The van der Waals surface area contributed by atoms with Gasteiger partial charge in [0.25, 0.3) is 0 Å². The fourth-order valence-corrected chi connectivity index (χ4v) is 4.87. The summed E-state index contributed by atoms with van der Waals surface area (Å²) in [4.78, 5) is 5.20. The van der Waals surface area contributed by atoms with Gasteiger partial charge in [-0.3, -0.25) is 4.90 Å². The predicted octanol–water partition coefficient (Wildman–Crippen LogP) is 3.48. The molecule has 0 amide bonds. The molecular formula is C22H28N2O. The second-order valence-corrected chi connectivity index (χ2v) is 7.84. The van der Waals surface area contributed by atoms with E-state index >= 15 is 0 Å². The molecule has 0 spiro atoms. The molecule has 4 rings (SSSR count). The molecule has 0 aromatic heterocycles. The fourth-order valence-electron chi connectivity index (χ4n) is 4.87. The van der Waals surface area contributed by atoms with E-state index in [2.05, 4.69) is 48.0 Å². The summed E-state index contributed by atoms with van der Waals surface area (Å²) < 4.78 is 0. The predicted molar refractivity (Wildman–Crippen MR) is 102 cm³/mol. The Labute approximate surface area is 150 Å². The first-order valence-corrected chi connectivity index (χ1v) is 9.38. The largest absolute Gasteiger partial charge is 0.508 e. The molecule has 3 atom stereocenters. The van der Waals surface area contributed by atoms with Gasteiger partial charge in [0, 0.05) is 32.2 Å². The van der Waals surface area contributed by atoms with Crippen molar-refractivity contribution in [2.24, 2.45) is 11.8 Å². The molecule has 2 saturated heterocycles. The van der Waals surface area contributed by atoms with Gasteiger partial charge >= 0.3 is 0 Å². The van der Waals surface area contributed by atoms with Crippen molar-refractivity contribution in [3.63, 3.8) is 0 Å². The van der Waals surface area contributed by atoms with Crippen LogP contribution in [0.2, 0.25) is 0 Å². The lowest BCUT2D eigenvalue weighted by Gasteiger charge is -2.28. The zero-order valence-corrected chi connectivity index (χ0v) is 15.2. The third kappa shape index (κ3) is 3.31. The Kier molecular flexibility index (Phi) is 4.53. The molecule has 1 N–H and O–H groups in total. The Hall–Kier alpha value is -1.84. The number of aryl methyl sites for hydroxylation is 1. The summed E-state index contributed by atoms with van der Waals surface area (Å²) in [6.45, 7) is 6.98. The number of phenols is 1. The number of hydrogen-bond acceptors (Lipinski definition) is 3. The number of rotatable bonds is 4. The van der Waals surface area contributed by atoms with Crippen LogP contribution < -0.4 is 0 Å². The molecule has 0 radical (unpaired) electrons. The van der Waals surface area contributed by atoms with E-state index < -0.39 is 0 Å². The van der Waals surface area contributed by atoms with Crippen LogP contribution in [-0.4, -0.2) is 48.1 Å². The highest BCUT2D eigenvalue weighted by Crippen LogP contribution is 2.44. The molecule has 2 fully saturated rings. The maximum Gasteiger partial charge on any atom is 0.115 e. The number of aromatic hydroxyl groups is 1. The first-order valence-electron chi connectivity index (χ1n) is 9.38. The van der Waals surface area contributed by atoms with E-state index in [1.54, 1.807) is 12.1 Å². The van der Waals surface area contributed by atoms with E-state index in [4.69, 9.17) is 0 Å². The zero-order valence-electron chi connectivity index (χ0n) is 15.2. The summed E-state index contributed by atoms with van der Waals surface area (Å²) in [5.41, 5.74) is 4.24. The molecule has 0 unspecified atom stereocenters. The molecule has 0 bridgehead atoms. The molecule has 2 aromatic rings. The molecule has 2 aromatic carbocycles. The maximum absolute atomic E-state index is 9.41. The van der Waals surface area contributed by atoms with E-state index in [1.807, 2.05) is 12.1 Å². The minimum Gasteiger partial charge on any atom is -0.508 e. The van der Waals surface area contributed by atoms with Crippen molar-refractivity contribution in [1.82, 2.24) is 9.80 Å². The van der Waals surface area contributed by atoms with Crippen LogP contribution in [0.5, 0.6) is 5.75 Å². The molecular weight excluding hydrogens is 308 g/mol. The van der Waals surface area contributed by atoms with Crippen LogP contribution >= 0.6 is 0 Å². The van der Waals surface area contributed by atoms with Crippen molar-refractivity contribution in [1.29, 1.82) is 0 Å². The highest BCUT2D eigenvalue weighted by molar-refractivity contribution is 5.31. The molecule has 2 aliphatic heterocycles. The van der Waals surface area contributed by atoms with E-state index in [-0.39, 0.29) is 0 Å². The van der Waals surface area contributed by atoms with Crippen LogP contribution in [0.15, 0.2) is 48.5 Å². The lowest BCUT2D eigenvalue weighted by Crippen LogP contribution is -2.30. The lowest BCUT2D eigenvalue weighted by molar-refractivity contribution is 0.229. The second kappa shape index (κ2) is 6.81. The van der Waals surface area contributed by atoms with E-state index in [0.717, 1.165) is 24.8 Å². The van der Waals surface area contributed by atoms with Crippen LogP contribution in [0.3, 0.4) is 0 Å². The average Bonchev–Trinajstić information content (AvgIpc) is 3.11. The summed E-state index contributed by atoms with van der Waals surface area (Å²) in [6.07, 6.45) is 1.06. The summed E-state index contributed by atoms with van der Waals surface area (Å²) in [5, 5.41) is 9.41. The first kappa shape index (κ1) is 16.6. The quantitative estimate of drug-likeness (QED) is 0.926. The Balaban J connectivity index is 1.42. The molecule has 132 valence electrons. The van der Waals surface area contributed by atoms with Gasteiger partial charge in [0.2, 0.25) is 0 Å². The van der Waals surface area contributed by atoms with Gasteiger partial charge in [-0.25, -0.2) is 0 Å². The smallest absolute Gasteiger partial charge is 0.115 e. The molecule has 3 heteroatoms. The van der Waals surface area contributed by atoms with Crippen molar-refractivity contribution in [2.75, 3.05) is 33.2 Å². The molecule has 0 saturated carbocycles. The molecule has 25 heavy (non-hydrogen) atoms. The van der Waals surface area contributed by atoms with E-state index in [1.165, 1.54) is 36.3 Å². The Bertz CT molecular complexity index is 727. The molecule has 0 aliphatic carbocycles. The monoisotopic (exact) mass is 336 g/mol.